The predicted octanol–water partition coefficient (Wildman–Crippen LogP) is -0.150. The van der Waals surface area contributed by atoms with Crippen molar-refractivity contribution in [2.45, 2.75) is 50.7 Å². The molecule has 25 heavy (non-hydrogen) atoms. The van der Waals surface area contributed by atoms with Gasteiger partial charge >= 0.3 is 5.97 Å². The number of halogens is 1. The Morgan fingerprint density at radius 2 is 1.88 bits per heavy atom. The van der Waals surface area contributed by atoms with Crippen molar-refractivity contribution >= 4 is 5.97 Å². The van der Waals surface area contributed by atoms with Crippen molar-refractivity contribution in [1.29, 1.82) is 0 Å². The van der Waals surface area contributed by atoms with Crippen LogP contribution in [0.2, 0.25) is 0 Å². The van der Waals surface area contributed by atoms with Crippen LogP contribution >= 0.6 is 0 Å². The summed E-state index contributed by atoms with van der Waals surface area (Å²) in [5.74, 6) is -0.490. The number of carbonyl (C=O) groups is 1. The van der Waals surface area contributed by atoms with Gasteiger partial charge in [0.1, 0.15) is 6.54 Å². The van der Waals surface area contributed by atoms with Gasteiger partial charge in [0, 0.05) is 12.3 Å². The molecule has 0 bridgehead atoms. The highest BCUT2D eigenvalue weighted by molar-refractivity contribution is 5.81. The molecule has 2 fully saturated rings. The van der Waals surface area contributed by atoms with Crippen molar-refractivity contribution in [3.05, 3.63) is 35.9 Å². The van der Waals surface area contributed by atoms with Gasteiger partial charge in [0.05, 0.1) is 20.1 Å². The van der Waals surface area contributed by atoms with Crippen LogP contribution in [0.15, 0.2) is 30.3 Å². The molecular weight excluding hydrogens is 382 g/mol. The second-order valence-corrected chi connectivity index (χ2v) is 7.77. The molecule has 2 aliphatic rings. The molecule has 1 aliphatic heterocycles. The highest BCUT2D eigenvalue weighted by Crippen LogP contribution is 2.42. The lowest BCUT2D eigenvalue weighted by molar-refractivity contribution is -0.897. The molecule has 1 saturated carbocycles. The molecule has 140 valence electrons. The summed E-state index contributed by atoms with van der Waals surface area (Å²) in [6.07, 6.45) is 4.70. The number of carbonyl (C=O) groups excluding carboxylic acids is 1. The molecule has 0 aromatic heterocycles. The van der Waals surface area contributed by atoms with Gasteiger partial charge in [-0.25, -0.2) is 4.79 Å². The average Bonchev–Trinajstić information content (AvgIpc) is 3.26. The van der Waals surface area contributed by atoms with Crippen molar-refractivity contribution in [2.24, 2.45) is 5.92 Å². The van der Waals surface area contributed by atoms with Gasteiger partial charge in [0.2, 0.25) is 0 Å². The van der Waals surface area contributed by atoms with E-state index in [4.69, 9.17) is 4.74 Å². The van der Waals surface area contributed by atoms with Crippen LogP contribution in [0.5, 0.6) is 0 Å². The van der Waals surface area contributed by atoms with E-state index >= 15 is 0 Å². The van der Waals surface area contributed by atoms with Crippen LogP contribution in [0, 0.1) is 5.92 Å². The van der Waals surface area contributed by atoms with Gasteiger partial charge in [-0.15, -0.1) is 0 Å². The van der Waals surface area contributed by atoms with Crippen molar-refractivity contribution < 1.29 is 36.1 Å². The lowest BCUT2D eigenvalue weighted by Gasteiger charge is -2.33. The first-order valence-electron chi connectivity index (χ1n) is 9.30. The molecule has 1 aromatic carbocycles. The molecule has 3 rings (SSSR count). The van der Waals surface area contributed by atoms with Gasteiger partial charge in [-0.3, -0.25) is 0 Å². The largest absolute Gasteiger partial charge is 1.00 e. The summed E-state index contributed by atoms with van der Waals surface area (Å²) in [4.78, 5) is 13.0. The number of hydrogen-bond donors (Lipinski definition) is 1. The zero-order valence-electron chi connectivity index (χ0n) is 15.3. The van der Waals surface area contributed by atoms with Crippen molar-refractivity contribution in [1.82, 2.24) is 0 Å². The van der Waals surface area contributed by atoms with Gasteiger partial charge in [-0.2, -0.15) is 0 Å². The molecule has 1 N–H and O–H groups in total. The molecule has 0 spiro atoms. The predicted molar refractivity (Wildman–Crippen MR) is 93.3 cm³/mol. The molecule has 4 nitrogen and oxygen atoms in total. The van der Waals surface area contributed by atoms with E-state index in [0.717, 1.165) is 56.2 Å². The van der Waals surface area contributed by atoms with E-state index in [2.05, 4.69) is 14.0 Å². The Bertz CT molecular complexity index is 576. The molecule has 3 atom stereocenters. The number of rotatable bonds is 5. The maximum atomic E-state index is 13.0. The number of hydrogen-bond acceptors (Lipinski definition) is 3. The normalized spacial score (nSPS) is 29.0. The van der Waals surface area contributed by atoms with Crippen LogP contribution in [0.4, 0.5) is 0 Å². The number of benzene rings is 1. The molecule has 5 heteroatoms. The summed E-state index contributed by atoms with van der Waals surface area (Å²) < 4.78 is 6.77. The van der Waals surface area contributed by atoms with E-state index in [1.165, 1.54) is 0 Å². The number of likely N-dealkylation sites (tertiary alicyclic amines) is 1. The second-order valence-electron chi connectivity index (χ2n) is 7.77. The summed E-state index contributed by atoms with van der Waals surface area (Å²) in [6.45, 7) is 5.09. The first-order valence-corrected chi connectivity index (χ1v) is 9.30. The Kier molecular flexibility index (Phi) is 6.68. The number of aliphatic hydroxyl groups is 1. The molecular formula is C20H30BrNO3. The summed E-state index contributed by atoms with van der Waals surface area (Å²) >= 11 is 0. The summed E-state index contributed by atoms with van der Waals surface area (Å²) in [7, 11) is 2.20. The van der Waals surface area contributed by atoms with Gasteiger partial charge in [0.25, 0.3) is 0 Å². The van der Waals surface area contributed by atoms with Crippen LogP contribution in [0.25, 0.3) is 0 Å². The molecule has 0 radical (unpaired) electrons. The van der Waals surface area contributed by atoms with Gasteiger partial charge < -0.3 is 31.3 Å². The molecule has 0 amide bonds. The fourth-order valence-electron chi connectivity index (χ4n) is 4.31. The zero-order chi connectivity index (χ0) is 17.2. The third-order valence-corrected chi connectivity index (χ3v) is 6.14. The van der Waals surface area contributed by atoms with E-state index in [1.54, 1.807) is 0 Å². The number of likely N-dealkylation sites (N-methyl/N-ethyl adjacent to an activating group) is 1. The van der Waals surface area contributed by atoms with E-state index in [0.29, 0.717) is 5.56 Å². The standard InChI is InChI=1S/C20H30NO3.BrH/c1-3-21(2)14-13-18(15-21)24-19(22)20(23,17-11-7-8-12-17)16-9-5-4-6-10-16;/h4-6,9-10,17-18,23H,3,7-8,11-15H2,1-2H3;1H/q+1;/p-1. The number of quaternary nitrogens is 1. The summed E-state index contributed by atoms with van der Waals surface area (Å²) in [5, 5.41) is 11.4. The molecule has 3 unspecified atom stereocenters. The van der Waals surface area contributed by atoms with Crippen LogP contribution < -0.4 is 17.0 Å². The Balaban J connectivity index is 0.00000225. The topological polar surface area (TPSA) is 46.5 Å². The third kappa shape index (κ3) is 4.09. The molecule has 1 heterocycles. The zero-order valence-corrected chi connectivity index (χ0v) is 16.9. The highest BCUT2D eigenvalue weighted by Gasteiger charge is 2.49. The third-order valence-electron chi connectivity index (χ3n) is 6.14. The molecule has 1 aromatic rings. The van der Waals surface area contributed by atoms with Gasteiger partial charge in [-0.1, -0.05) is 43.2 Å². The van der Waals surface area contributed by atoms with Crippen LogP contribution in [-0.4, -0.2) is 48.3 Å². The lowest BCUT2D eigenvalue weighted by Crippen LogP contribution is -3.00. The lowest BCUT2D eigenvalue weighted by atomic mass is 9.80. The minimum Gasteiger partial charge on any atom is -1.00 e. The first-order chi connectivity index (χ1) is 11.5. The van der Waals surface area contributed by atoms with Crippen LogP contribution in [0.3, 0.4) is 0 Å². The van der Waals surface area contributed by atoms with E-state index in [1.807, 2.05) is 30.3 Å². The fourth-order valence-corrected chi connectivity index (χ4v) is 4.31. The number of ether oxygens (including phenoxy) is 1. The minimum atomic E-state index is -1.50. The van der Waals surface area contributed by atoms with Crippen molar-refractivity contribution in [3.63, 3.8) is 0 Å². The molecule has 1 saturated heterocycles. The average molecular weight is 412 g/mol. The quantitative estimate of drug-likeness (QED) is 0.541. The van der Waals surface area contributed by atoms with Gasteiger partial charge in [-0.05, 0) is 25.3 Å². The number of nitrogens with zero attached hydrogens (tertiary/aromatic N) is 1. The smallest absolute Gasteiger partial charge is 0.343 e. The van der Waals surface area contributed by atoms with E-state index < -0.39 is 11.6 Å². The Morgan fingerprint density at radius 1 is 1.24 bits per heavy atom. The minimum absolute atomic E-state index is 0. The maximum Gasteiger partial charge on any atom is 0.343 e. The maximum absolute atomic E-state index is 13.0. The summed E-state index contributed by atoms with van der Waals surface area (Å²) in [6, 6.07) is 9.36. The van der Waals surface area contributed by atoms with E-state index in [-0.39, 0.29) is 29.0 Å². The van der Waals surface area contributed by atoms with Gasteiger partial charge in [0.15, 0.2) is 11.7 Å². The first kappa shape index (κ1) is 20.4. The monoisotopic (exact) mass is 411 g/mol. The Morgan fingerprint density at radius 3 is 2.44 bits per heavy atom. The molecule has 1 aliphatic carbocycles. The van der Waals surface area contributed by atoms with Crippen molar-refractivity contribution in [3.8, 4) is 0 Å². The van der Waals surface area contributed by atoms with Crippen LogP contribution in [0.1, 0.15) is 44.6 Å². The van der Waals surface area contributed by atoms with E-state index in [9.17, 15) is 9.90 Å². The second kappa shape index (κ2) is 8.19. The number of esters is 1. The van der Waals surface area contributed by atoms with Crippen LogP contribution in [-0.2, 0) is 15.1 Å². The Labute approximate surface area is 161 Å². The highest BCUT2D eigenvalue weighted by atomic mass is 79.9. The SMILES string of the molecule is CC[N+]1(C)CCC(OC(=O)C(O)(c2ccccc2)C2CCCC2)C1.[Br-]. The van der Waals surface area contributed by atoms with Crippen molar-refractivity contribution in [2.75, 3.05) is 26.7 Å². The Hall–Kier alpha value is -0.910. The summed E-state index contributed by atoms with van der Waals surface area (Å²) in [5.41, 5.74) is -0.830. The fraction of sp³-hybridized carbons (Fsp3) is 0.650.